The first-order valence-corrected chi connectivity index (χ1v) is 9.83. The van der Waals surface area contributed by atoms with Gasteiger partial charge in [0.15, 0.2) is 0 Å². The third-order valence-electron chi connectivity index (χ3n) is 6.57. The smallest absolute Gasteiger partial charge is 0.334 e. The van der Waals surface area contributed by atoms with Crippen LogP contribution in [0.3, 0.4) is 0 Å². The van der Waals surface area contributed by atoms with Gasteiger partial charge in [0, 0.05) is 30.3 Å². The molecule has 1 heterocycles. The molecule has 1 N–H and O–H groups in total. The number of fused-ring (bicyclic) bond motifs is 3. The number of carbonyl (C=O) groups excluding carboxylic acids is 3. The Hall–Kier alpha value is -2.89. The Morgan fingerprint density at radius 2 is 1.90 bits per heavy atom. The highest BCUT2D eigenvalue weighted by atomic mass is 16.6. The number of phenolic OH excluding ortho intramolecular Hbond substituents is 1. The van der Waals surface area contributed by atoms with Crippen LogP contribution < -0.4 is 0 Å². The summed E-state index contributed by atoms with van der Waals surface area (Å²) < 4.78 is 11.4. The number of phenols is 1. The number of ketones is 1. The third-order valence-corrected chi connectivity index (χ3v) is 6.57. The fraction of sp³-hybridized carbons (Fsp3) is 0.435. The van der Waals surface area contributed by atoms with Crippen LogP contribution in [-0.4, -0.2) is 35.0 Å². The van der Waals surface area contributed by atoms with Crippen molar-refractivity contribution < 1.29 is 29.0 Å². The minimum atomic E-state index is -0.607. The lowest BCUT2D eigenvalue weighted by Crippen LogP contribution is -2.37. The van der Waals surface area contributed by atoms with Gasteiger partial charge in [0.1, 0.15) is 23.7 Å². The molecule has 3 aliphatic rings. The molecule has 0 spiro atoms. The standard InChI is InChI=1S/C23H24O6/c1-11-8-18(28-19(26)9-14-4-6-15(24)7-5-14)21-13(3)23(27)29-22(21)20-12(2)17(25)10-16(11)20/h4-7,12,16,18,20-22,24H,1,3,8-10H2,2H3. The van der Waals surface area contributed by atoms with E-state index in [0.29, 0.717) is 18.4 Å². The lowest BCUT2D eigenvalue weighted by Gasteiger charge is -2.29. The van der Waals surface area contributed by atoms with Crippen molar-refractivity contribution in [2.75, 3.05) is 0 Å². The average molecular weight is 396 g/mol. The van der Waals surface area contributed by atoms with E-state index in [4.69, 9.17) is 9.47 Å². The topological polar surface area (TPSA) is 89.9 Å². The van der Waals surface area contributed by atoms with E-state index in [1.54, 1.807) is 12.1 Å². The van der Waals surface area contributed by atoms with Crippen LogP contribution in [0.4, 0.5) is 0 Å². The van der Waals surface area contributed by atoms with Crippen LogP contribution in [0, 0.1) is 23.7 Å². The summed E-state index contributed by atoms with van der Waals surface area (Å²) in [4.78, 5) is 37.2. The highest BCUT2D eigenvalue weighted by Gasteiger charge is 2.57. The third kappa shape index (κ3) is 3.37. The molecule has 29 heavy (non-hydrogen) atoms. The van der Waals surface area contributed by atoms with E-state index in [0.717, 1.165) is 5.57 Å². The first kappa shape index (κ1) is 19.4. The lowest BCUT2D eigenvalue weighted by atomic mass is 9.79. The predicted molar refractivity (Wildman–Crippen MR) is 104 cm³/mol. The number of hydrogen-bond donors (Lipinski definition) is 1. The van der Waals surface area contributed by atoms with E-state index >= 15 is 0 Å². The number of carbonyl (C=O) groups is 3. The van der Waals surface area contributed by atoms with Crippen molar-refractivity contribution in [3.63, 3.8) is 0 Å². The van der Waals surface area contributed by atoms with Gasteiger partial charge < -0.3 is 14.6 Å². The van der Waals surface area contributed by atoms with Crippen LogP contribution in [0.2, 0.25) is 0 Å². The minimum Gasteiger partial charge on any atom is -0.508 e. The molecule has 1 aromatic rings. The summed E-state index contributed by atoms with van der Waals surface area (Å²) in [5.74, 6) is -1.61. The van der Waals surface area contributed by atoms with Crippen molar-refractivity contribution in [2.24, 2.45) is 23.7 Å². The zero-order chi connectivity index (χ0) is 20.9. The van der Waals surface area contributed by atoms with Crippen LogP contribution in [-0.2, 0) is 30.3 Å². The van der Waals surface area contributed by atoms with E-state index in [9.17, 15) is 19.5 Å². The summed E-state index contributed by atoms with van der Waals surface area (Å²) in [7, 11) is 0. The van der Waals surface area contributed by atoms with E-state index in [1.807, 2.05) is 6.92 Å². The molecule has 6 atom stereocenters. The van der Waals surface area contributed by atoms with Gasteiger partial charge in [-0.25, -0.2) is 4.79 Å². The van der Waals surface area contributed by atoms with Crippen LogP contribution in [0.1, 0.15) is 25.3 Å². The number of Topliss-reactive ketones (excluding diaryl/α,β-unsaturated/α-hetero) is 1. The number of ether oxygens (including phenoxy) is 2. The number of aromatic hydroxyl groups is 1. The molecule has 0 aromatic heterocycles. The monoisotopic (exact) mass is 396 g/mol. The van der Waals surface area contributed by atoms with Gasteiger partial charge in [-0.3, -0.25) is 9.59 Å². The summed E-state index contributed by atoms with van der Waals surface area (Å²) >= 11 is 0. The summed E-state index contributed by atoms with van der Waals surface area (Å²) in [5, 5.41) is 9.38. The molecule has 0 bridgehead atoms. The maximum Gasteiger partial charge on any atom is 0.334 e. The van der Waals surface area contributed by atoms with Crippen molar-refractivity contribution in [3.8, 4) is 5.75 Å². The number of benzene rings is 1. The highest BCUT2D eigenvalue weighted by molar-refractivity contribution is 5.92. The largest absolute Gasteiger partial charge is 0.508 e. The van der Waals surface area contributed by atoms with Gasteiger partial charge in [0.2, 0.25) is 0 Å². The Morgan fingerprint density at radius 3 is 2.59 bits per heavy atom. The van der Waals surface area contributed by atoms with Crippen LogP contribution in [0.5, 0.6) is 5.75 Å². The normalized spacial score (nSPS) is 33.7. The maximum atomic E-state index is 12.6. The molecule has 4 rings (SSSR count). The zero-order valence-electron chi connectivity index (χ0n) is 16.3. The summed E-state index contributed by atoms with van der Waals surface area (Å²) in [6.07, 6.45) is -0.342. The van der Waals surface area contributed by atoms with Crippen LogP contribution in [0.25, 0.3) is 0 Å². The van der Waals surface area contributed by atoms with E-state index in [-0.39, 0.29) is 41.3 Å². The van der Waals surface area contributed by atoms with E-state index < -0.39 is 30.1 Å². The second-order valence-electron chi connectivity index (χ2n) is 8.30. The molecule has 1 saturated heterocycles. The van der Waals surface area contributed by atoms with Crippen molar-refractivity contribution >= 4 is 17.7 Å². The lowest BCUT2D eigenvalue weighted by molar-refractivity contribution is -0.152. The fourth-order valence-corrected chi connectivity index (χ4v) is 5.04. The molecule has 0 radical (unpaired) electrons. The first-order valence-electron chi connectivity index (χ1n) is 9.83. The summed E-state index contributed by atoms with van der Waals surface area (Å²) in [5.41, 5.74) is 1.86. The number of esters is 2. The quantitative estimate of drug-likeness (QED) is 0.480. The first-order chi connectivity index (χ1) is 13.8. The Morgan fingerprint density at radius 1 is 1.21 bits per heavy atom. The van der Waals surface area contributed by atoms with Gasteiger partial charge in [0.05, 0.1) is 12.3 Å². The van der Waals surface area contributed by atoms with Gasteiger partial charge in [0.25, 0.3) is 0 Å². The summed E-state index contributed by atoms with van der Waals surface area (Å²) in [6, 6.07) is 6.34. The van der Waals surface area contributed by atoms with Gasteiger partial charge in [-0.15, -0.1) is 0 Å². The summed E-state index contributed by atoms with van der Waals surface area (Å²) in [6.45, 7) is 9.92. The highest BCUT2D eigenvalue weighted by Crippen LogP contribution is 2.51. The Bertz CT molecular complexity index is 898. The van der Waals surface area contributed by atoms with Gasteiger partial charge in [-0.2, -0.15) is 0 Å². The van der Waals surface area contributed by atoms with E-state index in [2.05, 4.69) is 13.2 Å². The molecule has 0 amide bonds. The van der Waals surface area contributed by atoms with Gasteiger partial charge >= 0.3 is 11.9 Å². The SMILES string of the molecule is C=C1CC(OC(=O)Cc2ccc(O)cc2)C2C(=C)C(=O)OC2C2C(C)C(=O)CC12. The molecule has 2 saturated carbocycles. The predicted octanol–water partition coefficient (Wildman–Crippen LogP) is 2.75. The van der Waals surface area contributed by atoms with Crippen molar-refractivity contribution in [2.45, 2.75) is 38.4 Å². The van der Waals surface area contributed by atoms with E-state index in [1.165, 1.54) is 12.1 Å². The van der Waals surface area contributed by atoms with Gasteiger partial charge in [-0.1, -0.05) is 37.8 Å². The Balaban J connectivity index is 1.58. The maximum absolute atomic E-state index is 12.6. The molecular weight excluding hydrogens is 372 g/mol. The molecule has 6 nitrogen and oxygen atoms in total. The average Bonchev–Trinajstić information content (AvgIpc) is 3.09. The van der Waals surface area contributed by atoms with Crippen LogP contribution >= 0.6 is 0 Å². The Labute approximate surface area is 169 Å². The Kier molecular flexibility index (Phi) is 4.81. The minimum absolute atomic E-state index is 0.0453. The van der Waals surface area contributed by atoms with Crippen LogP contribution in [0.15, 0.2) is 48.6 Å². The molecule has 2 aliphatic carbocycles. The molecule has 1 aliphatic heterocycles. The number of hydrogen-bond acceptors (Lipinski definition) is 6. The molecular formula is C23H24O6. The fourth-order valence-electron chi connectivity index (χ4n) is 5.04. The van der Waals surface area contributed by atoms with Crippen molar-refractivity contribution in [1.29, 1.82) is 0 Å². The zero-order valence-corrected chi connectivity index (χ0v) is 16.3. The second-order valence-corrected chi connectivity index (χ2v) is 8.30. The molecule has 6 unspecified atom stereocenters. The molecule has 152 valence electrons. The molecule has 3 fully saturated rings. The molecule has 1 aromatic carbocycles. The molecule has 6 heteroatoms. The van der Waals surface area contributed by atoms with Crippen molar-refractivity contribution in [1.82, 2.24) is 0 Å². The second kappa shape index (κ2) is 7.17. The number of rotatable bonds is 3. The van der Waals surface area contributed by atoms with Crippen molar-refractivity contribution in [3.05, 3.63) is 54.1 Å². The van der Waals surface area contributed by atoms with Gasteiger partial charge in [-0.05, 0) is 23.6 Å².